The summed E-state index contributed by atoms with van der Waals surface area (Å²) in [5.41, 5.74) is 6.89. The maximum absolute atomic E-state index is 5.75. The van der Waals surface area contributed by atoms with Crippen molar-refractivity contribution in [2.45, 2.75) is 34.1 Å². The summed E-state index contributed by atoms with van der Waals surface area (Å²) in [4.78, 5) is 2.11. The van der Waals surface area contributed by atoms with Crippen LogP contribution in [-0.2, 0) is 6.42 Å². The molecular weight excluding hydrogens is 224 g/mol. The molecule has 102 valence electrons. The summed E-state index contributed by atoms with van der Waals surface area (Å²) < 4.78 is 0. The Kier molecular flexibility index (Phi) is 5.08. The van der Waals surface area contributed by atoms with E-state index in [4.69, 9.17) is 5.73 Å². The van der Waals surface area contributed by atoms with E-state index in [-0.39, 0.29) is 5.41 Å². The van der Waals surface area contributed by atoms with Crippen molar-refractivity contribution < 1.29 is 0 Å². The highest BCUT2D eigenvalue weighted by Crippen LogP contribution is 2.18. The highest BCUT2D eigenvalue weighted by molar-refractivity contribution is 5.36. The molecule has 0 atom stereocenters. The summed E-state index contributed by atoms with van der Waals surface area (Å²) in [5, 5.41) is 8.56. The van der Waals surface area contributed by atoms with Crippen molar-refractivity contribution in [3.05, 3.63) is 17.8 Å². The predicted octanol–water partition coefficient (Wildman–Crippen LogP) is 2.10. The molecule has 1 heterocycles. The minimum Gasteiger partial charge on any atom is -0.358 e. The van der Waals surface area contributed by atoms with Gasteiger partial charge in [0.05, 0.1) is 5.69 Å². The van der Waals surface area contributed by atoms with Crippen molar-refractivity contribution in [1.29, 1.82) is 0 Å². The van der Waals surface area contributed by atoms with Crippen LogP contribution in [0.1, 0.15) is 33.4 Å². The molecule has 0 aliphatic rings. The Hall–Kier alpha value is -1.16. The van der Waals surface area contributed by atoms with Gasteiger partial charge >= 0.3 is 0 Å². The van der Waals surface area contributed by atoms with Gasteiger partial charge in [0.1, 0.15) is 0 Å². The van der Waals surface area contributed by atoms with Crippen LogP contribution < -0.4 is 10.6 Å². The van der Waals surface area contributed by atoms with Gasteiger partial charge in [-0.05, 0) is 36.4 Å². The summed E-state index contributed by atoms with van der Waals surface area (Å²) in [7, 11) is 2.03. The standard InChI is InChI=1S/C14H26N4/c1-11(2)8-12-6-7-13(17-16-12)18(5)10-14(3,4)9-15/h6-7,11H,8-10,15H2,1-5H3. The lowest BCUT2D eigenvalue weighted by Crippen LogP contribution is -2.37. The molecular formula is C14H26N4. The molecule has 4 heteroatoms. The van der Waals surface area contributed by atoms with Crippen molar-refractivity contribution in [2.75, 3.05) is 25.0 Å². The third kappa shape index (κ3) is 4.61. The highest BCUT2D eigenvalue weighted by atomic mass is 15.2. The van der Waals surface area contributed by atoms with Crippen molar-refractivity contribution in [1.82, 2.24) is 10.2 Å². The van der Waals surface area contributed by atoms with E-state index < -0.39 is 0 Å². The van der Waals surface area contributed by atoms with Crippen LogP contribution in [0.15, 0.2) is 12.1 Å². The fourth-order valence-corrected chi connectivity index (χ4v) is 1.87. The monoisotopic (exact) mass is 250 g/mol. The summed E-state index contributed by atoms with van der Waals surface area (Å²) in [6.07, 6.45) is 0.977. The van der Waals surface area contributed by atoms with Gasteiger partial charge < -0.3 is 10.6 Å². The Morgan fingerprint density at radius 1 is 1.28 bits per heavy atom. The highest BCUT2D eigenvalue weighted by Gasteiger charge is 2.19. The van der Waals surface area contributed by atoms with Gasteiger partial charge in [-0.25, -0.2) is 0 Å². The molecule has 0 fully saturated rings. The van der Waals surface area contributed by atoms with E-state index in [0.29, 0.717) is 12.5 Å². The molecule has 0 aromatic carbocycles. The van der Waals surface area contributed by atoms with E-state index in [9.17, 15) is 0 Å². The number of aromatic nitrogens is 2. The molecule has 0 aliphatic carbocycles. The fourth-order valence-electron chi connectivity index (χ4n) is 1.87. The van der Waals surface area contributed by atoms with E-state index in [0.717, 1.165) is 24.5 Å². The second kappa shape index (κ2) is 6.14. The molecule has 0 spiro atoms. The lowest BCUT2D eigenvalue weighted by molar-refractivity contribution is 0.384. The molecule has 18 heavy (non-hydrogen) atoms. The first kappa shape index (κ1) is 14.9. The van der Waals surface area contributed by atoms with E-state index in [2.05, 4.69) is 48.9 Å². The smallest absolute Gasteiger partial charge is 0.151 e. The molecule has 0 radical (unpaired) electrons. The first-order valence-electron chi connectivity index (χ1n) is 6.58. The lowest BCUT2D eigenvalue weighted by Gasteiger charge is -2.29. The zero-order valence-electron chi connectivity index (χ0n) is 12.3. The average molecular weight is 250 g/mol. The molecule has 2 N–H and O–H groups in total. The summed E-state index contributed by atoms with van der Waals surface area (Å²) >= 11 is 0. The van der Waals surface area contributed by atoms with Gasteiger partial charge in [0.15, 0.2) is 5.82 Å². The quantitative estimate of drug-likeness (QED) is 0.840. The van der Waals surface area contributed by atoms with E-state index >= 15 is 0 Å². The topological polar surface area (TPSA) is 55.0 Å². The Bertz CT molecular complexity index is 357. The molecule has 1 aromatic heterocycles. The SMILES string of the molecule is CC(C)Cc1ccc(N(C)CC(C)(C)CN)nn1. The van der Waals surface area contributed by atoms with Gasteiger partial charge in [-0.15, -0.1) is 5.10 Å². The zero-order chi connectivity index (χ0) is 13.8. The molecule has 4 nitrogen and oxygen atoms in total. The van der Waals surface area contributed by atoms with E-state index in [1.54, 1.807) is 0 Å². The molecule has 0 aliphatic heterocycles. The number of rotatable bonds is 6. The third-order valence-corrected chi connectivity index (χ3v) is 2.93. The maximum atomic E-state index is 5.75. The Balaban J connectivity index is 2.67. The van der Waals surface area contributed by atoms with Crippen LogP contribution in [0.3, 0.4) is 0 Å². The minimum atomic E-state index is 0.0903. The molecule has 0 bridgehead atoms. The van der Waals surface area contributed by atoms with E-state index in [1.165, 1.54) is 0 Å². The van der Waals surface area contributed by atoms with Crippen LogP contribution in [-0.4, -0.2) is 30.3 Å². The fraction of sp³-hybridized carbons (Fsp3) is 0.714. The average Bonchev–Trinajstić information content (AvgIpc) is 2.28. The van der Waals surface area contributed by atoms with Crippen LogP contribution in [0.4, 0.5) is 5.82 Å². The van der Waals surface area contributed by atoms with Crippen LogP contribution in [0, 0.1) is 11.3 Å². The van der Waals surface area contributed by atoms with Gasteiger partial charge in [-0.2, -0.15) is 5.10 Å². The number of hydrogen-bond donors (Lipinski definition) is 1. The summed E-state index contributed by atoms with van der Waals surface area (Å²) in [5.74, 6) is 1.52. The number of nitrogens with two attached hydrogens (primary N) is 1. The van der Waals surface area contributed by atoms with Gasteiger partial charge in [-0.3, -0.25) is 0 Å². The number of anilines is 1. The third-order valence-electron chi connectivity index (χ3n) is 2.93. The lowest BCUT2D eigenvalue weighted by atomic mass is 9.93. The summed E-state index contributed by atoms with van der Waals surface area (Å²) in [6.45, 7) is 10.2. The normalized spacial score (nSPS) is 11.9. The minimum absolute atomic E-state index is 0.0903. The Labute approximate surface area is 111 Å². The molecule has 0 unspecified atom stereocenters. The number of hydrogen-bond acceptors (Lipinski definition) is 4. The number of nitrogens with zero attached hydrogens (tertiary/aromatic N) is 3. The maximum Gasteiger partial charge on any atom is 0.151 e. The van der Waals surface area contributed by atoms with Crippen LogP contribution in [0.2, 0.25) is 0 Å². The molecule has 1 aromatic rings. The second-order valence-electron chi connectivity index (χ2n) is 6.21. The van der Waals surface area contributed by atoms with Crippen LogP contribution >= 0.6 is 0 Å². The van der Waals surface area contributed by atoms with Gasteiger partial charge in [0, 0.05) is 13.6 Å². The molecule has 0 amide bonds. The first-order chi connectivity index (χ1) is 8.34. The van der Waals surface area contributed by atoms with E-state index in [1.807, 2.05) is 13.1 Å². The molecule has 0 saturated carbocycles. The van der Waals surface area contributed by atoms with Gasteiger partial charge in [0.25, 0.3) is 0 Å². The van der Waals surface area contributed by atoms with Crippen molar-refractivity contribution in [3.63, 3.8) is 0 Å². The predicted molar refractivity (Wildman–Crippen MR) is 76.7 cm³/mol. The molecule has 0 saturated heterocycles. The largest absolute Gasteiger partial charge is 0.358 e. The van der Waals surface area contributed by atoms with Crippen LogP contribution in [0.5, 0.6) is 0 Å². The van der Waals surface area contributed by atoms with Gasteiger partial charge in [-0.1, -0.05) is 27.7 Å². The van der Waals surface area contributed by atoms with Crippen molar-refractivity contribution in [2.24, 2.45) is 17.1 Å². The van der Waals surface area contributed by atoms with Crippen molar-refractivity contribution >= 4 is 5.82 Å². The first-order valence-corrected chi connectivity index (χ1v) is 6.58. The second-order valence-corrected chi connectivity index (χ2v) is 6.21. The van der Waals surface area contributed by atoms with Crippen LogP contribution in [0.25, 0.3) is 0 Å². The zero-order valence-corrected chi connectivity index (χ0v) is 12.3. The van der Waals surface area contributed by atoms with Crippen molar-refractivity contribution in [3.8, 4) is 0 Å². The summed E-state index contributed by atoms with van der Waals surface area (Å²) in [6, 6.07) is 4.10. The molecule has 1 rings (SSSR count). The Morgan fingerprint density at radius 3 is 2.39 bits per heavy atom. The Morgan fingerprint density at radius 2 is 1.94 bits per heavy atom. The van der Waals surface area contributed by atoms with Gasteiger partial charge in [0.2, 0.25) is 0 Å².